The molecule has 0 radical (unpaired) electrons. The summed E-state index contributed by atoms with van der Waals surface area (Å²) in [5.74, 6) is 1.34. The molecule has 286 valence electrons. The Kier molecular flexibility index (Phi) is 9.10. The third-order valence-electron chi connectivity index (χ3n) is 11.2. The van der Waals surface area contributed by atoms with Crippen LogP contribution in [0.25, 0.3) is 112 Å². The average Bonchev–Trinajstić information content (AvgIpc) is 3.73. The number of nitrogens with zero attached hydrogens (tertiary/aromatic N) is 4. The van der Waals surface area contributed by atoms with Crippen LogP contribution in [0, 0.1) is 0 Å². The van der Waals surface area contributed by atoms with E-state index in [2.05, 4.69) is 133 Å². The first-order chi connectivity index (χ1) is 30.2. The second-order valence-corrected chi connectivity index (χ2v) is 15.0. The Balaban J connectivity index is 1.02. The molecule has 0 unspecified atom stereocenters. The maximum atomic E-state index is 6.44. The van der Waals surface area contributed by atoms with Gasteiger partial charge in [-0.05, 0) is 41.0 Å². The zero-order valence-corrected chi connectivity index (χ0v) is 33.0. The number of benzene rings is 8. The summed E-state index contributed by atoms with van der Waals surface area (Å²) in [7, 11) is 0. The van der Waals surface area contributed by atoms with Crippen molar-refractivity contribution in [2.75, 3.05) is 0 Å². The van der Waals surface area contributed by atoms with Gasteiger partial charge in [-0.3, -0.25) is 0 Å². The van der Waals surface area contributed by atoms with Crippen LogP contribution in [-0.2, 0) is 0 Å². The monoisotopic (exact) mass is 780 g/mol. The molecule has 0 amide bonds. The molecule has 5 nitrogen and oxygen atoms in total. The third kappa shape index (κ3) is 6.94. The lowest BCUT2D eigenvalue weighted by atomic mass is 9.90. The van der Waals surface area contributed by atoms with Gasteiger partial charge < -0.3 is 4.42 Å². The third-order valence-corrected chi connectivity index (χ3v) is 11.2. The van der Waals surface area contributed by atoms with Gasteiger partial charge in [0.1, 0.15) is 11.2 Å². The topological polar surface area (TPSA) is 64.7 Å². The number of fused-ring (bicyclic) bond motifs is 3. The van der Waals surface area contributed by atoms with Crippen molar-refractivity contribution < 1.29 is 4.42 Å². The first-order valence-corrected chi connectivity index (χ1v) is 20.4. The van der Waals surface area contributed by atoms with Crippen LogP contribution in [0.2, 0.25) is 0 Å². The summed E-state index contributed by atoms with van der Waals surface area (Å²) in [6.45, 7) is 0. The molecule has 0 fully saturated rings. The van der Waals surface area contributed by atoms with Crippen LogP contribution >= 0.6 is 0 Å². The summed E-state index contributed by atoms with van der Waals surface area (Å²) in [6.07, 6.45) is 0. The van der Waals surface area contributed by atoms with E-state index in [-0.39, 0.29) is 0 Å². The maximum Gasteiger partial charge on any atom is 0.160 e. The van der Waals surface area contributed by atoms with Crippen LogP contribution in [0.4, 0.5) is 0 Å². The highest BCUT2D eigenvalue weighted by Crippen LogP contribution is 2.43. The fourth-order valence-corrected chi connectivity index (χ4v) is 8.12. The van der Waals surface area contributed by atoms with E-state index in [4.69, 9.17) is 24.4 Å². The van der Waals surface area contributed by atoms with Crippen molar-refractivity contribution in [3.8, 4) is 90.1 Å². The van der Waals surface area contributed by atoms with Gasteiger partial charge in [0, 0.05) is 49.7 Å². The largest absolute Gasteiger partial charge is 0.456 e. The number of hydrogen-bond acceptors (Lipinski definition) is 5. The molecule has 8 aromatic carbocycles. The van der Waals surface area contributed by atoms with Crippen molar-refractivity contribution in [3.05, 3.63) is 218 Å². The Bertz CT molecular complexity index is 3200. The quantitative estimate of drug-likeness (QED) is 0.154. The molecule has 0 saturated carbocycles. The Labute approximate surface area is 353 Å². The molecule has 0 atom stereocenters. The van der Waals surface area contributed by atoms with E-state index in [0.29, 0.717) is 11.6 Å². The molecule has 11 aromatic rings. The van der Waals surface area contributed by atoms with Crippen LogP contribution in [-0.4, -0.2) is 19.9 Å². The molecule has 0 saturated heterocycles. The molecule has 0 bridgehead atoms. The van der Waals surface area contributed by atoms with Crippen molar-refractivity contribution in [2.24, 2.45) is 0 Å². The minimum atomic E-state index is 0.670. The Morgan fingerprint density at radius 1 is 0.279 bits per heavy atom. The highest BCUT2D eigenvalue weighted by Gasteiger charge is 2.19. The van der Waals surface area contributed by atoms with Crippen molar-refractivity contribution >= 4 is 21.9 Å². The van der Waals surface area contributed by atoms with Crippen molar-refractivity contribution in [1.29, 1.82) is 0 Å². The highest BCUT2D eigenvalue weighted by molar-refractivity contribution is 6.16. The number of rotatable bonds is 8. The normalized spacial score (nSPS) is 11.3. The number of hydrogen-bond donors (Lipinski definition) is 0. The van der Waals surface area contributed by atoms with E-state index in [1.54, 1.807) is 0 Å². The van der Waals surface area contributed by atoms with Crippen LogP contribution in [0.1, 0.15) is 0 Å². The van der Waals surface area contributed by atoms with Gasteiger partial charge in [0.05, 0.1) is 22.8 Å². The van der Waals surface area contributed by atoms with Crippen molar-refractivity contribution in [2.45, 2.75) is 0 Å². The fraction of sp³-hybridized carbons (Fsp3) is 0. The molecular formula is C56H36N4O. The van der Waals surface area contributed by atoms with Crippen LogP contribution in [0.3, 0.4) is 0 Å². The van der Waals surface area contributed by atoms with Crippen molar-refractivity contribution in [1.82, 2.24) is 19.9 Å². The predicted molar refractivity (Wildman–Crippen MR) is 248 cm³/mol. The number of aromatic nitrogens is 4. The Morgan fingerprint density at radius 3 is 1.10 bits per heavy atom. The summed E-state index contributed by atoms with van der Waals surface area (Å²) >= 11 is 0. The second-order valence-electron chi connectivity index (χ2n) is 15.0. The van der Waals surface area contributed by atoms with Gasteiger partial charge in [-0.15, -0.1) is 0 Å². The molecule has 0 aliphatic carbocycles. The SMILES string of the molecule is c1ccc(-c2cc(-c3ccccc3)nc(-c3ccc(-c4ccc5oc6ccccc6c5c4-c4ccc(-c5nc(-c6ccccc6)cc(-c6ccccc6)n5)cc4)cc3)n2)cc1. The van der Waals surface area contributed by atoms with Gasteiger partial charge in [0.15, 0.2) is 11.6 Å². The molecule has 11 rings (SSSR count). The van der Waals surface area contributed by atoms with E-state index < -0.39 is 0 Å². The zero-order valence-electron chi connectivity index (χ0n) is 33.0. The maximum absolute atomic E-state index is 6.44. The van der Waals surface area contributed by atoms with Gasteiger partial charge in [-0.25, -0.2) is 19.9 Å². The van der Waals surface area contributed by atoms with E-state index in [0.717, 1.165) is 100 Å². The lowest BCUT2D eigenvalue weighted by molar-refractivity contribution is 0.669. The zero-order chi connectivity index (χ0) is 40.5. The Morgan fingerprint density at radius 2 is 0.656 bits per heavy atom. The Hall–Kier alpha value is -8.28. The smallest absolute Gasteiger partial charge is 0.160 e. The van der Waals surface area contributed by atoms with Gasteiger partial charge in [0.25, 0.3) is 0 Å². The minimum Gasteiger partial charge on any atom is -0.456 e. The lowest BCUT2D eigenvalue weighted by Crippen LogP contribution is -1.96. The van der Waals surface area contributed by atoms with Gasteiger partial charge in [-0.2, -0.15) is 0 Å². The molecule has 0 aliphatic rings. The molecule has 0 spiro atoms. The summed E-state index contributed by atoms with van der Waals surface area (Å²) in [5.41, 5.74) is 15.6. The minimum absolute atomic E-state index is 0.670. The van der Waals surface area contributed by atoms with Crippen LogP contribution < -0.4 is 0 Å². The van der Waals surface area contributed by atoms with Crippen LogP contribution in [0.5, 0.6) is 0 Å². The molecule has 61 heavy (non-hydrogen) atoms. The fourth-order valence-electron chi connectivity index (χ4n) is 8.12. The summed E-state index contributed by atoms with van der Waals surface area (Å²) < 4.78 is 6.44. The van der Waals surface area contributed by atoms with Gasteiger partial charge >= 0.3 is 0 Å². The first-order valence-electron chi connectivity index (χ1n) is 20.4. The number of furan rings is 1. The number of para-hydroxylation sites is 1. The predicted octanol–water partition coefficient (Wildman–Crippen LogP) is 14.5. The second kappa shape index (κ2) is 15.5. The molecule has 3 heterocycles. The van der Waals surface area contributed by atoms with E-state index in [1.807, 2.05) is 84.9 Å². The standard InChI is InChI=1S/C56H36N4O/c1-5-15-38(16-6-1)47-35-48(39-17-7-2-8-18-39)58-55(57-47)43-29-25-37(26-30-43)45-33-34-52-54(46-23-13-14-24-51(46)61-52)53(45)42-27-31-44(32-28-42)56-59-49(40-19-9-3-10-20-40)36-50(60-56)41-21-11-4-12-22-41/h1-36H. The van der Waals surface area contributed by atoms with E-state index in [9.17, 15) is 0 Å². The summed E-state index contributed by atoms with van der Waals surface area (Å²) in [4.78, 5) is 20.3. The first kappa shape index (κ1) is 35.8. The molecule has 3 aromatic heterocycles. The van der Waals surface area contributed by atoms with E-state index >= 15 is 0 Å². The van der Waals surface area contributed by atoms with Crippen LogP contribution in [0.15, 0.2) is 223 Å². The molecular weight excluding hydrogens is 745 g/mol. The summed E-state index contributed by atoms with van der Waals surface area (Å²) in [5, 5.41) is 2.14. The van der Waals surface area contributed by atoms with E-state index in [1.165, 1.54) is 0 Å². The van der Waals surface area contributed by atoms with Gasteiger partial charge in [0.2, 0.25) is 0 Å². The van der Waals surface area contributed by atoms with Gasteiger partial charge in [-0.1, -0.05) is 194 Å². The molecule has 5 heteroatoms. The average molecular weight is 781 g/mol. The highest BCUT2D eigenvalue weighted by atomic mass is 16.3. The van der Waals surface area contributed by atoms with Crippen molar-refractivity contribution in [3.63, 3.8) is 0 Å². The molecule has 0 N–H and O–H groups in total. The summed E-state index contributed by atoms with van der Waals surface area (Å²) in [6, 6.07) is 75.0. The molecule has 0 aliphatic heterocycles. The lowest BCUT2D eigenvalue weighted by Gasteiger charge is -2.14.